The van der Waals surface area contributed by atoms with Crippen molar-refractivity contribution in [1.82, 2.24) is 0 Å². The van der Waals surface area contributed by atoms with Crippen LogP contribution in [0.25, 0.3) is 0 Å². The molecule has 0 saturated carbocycles. The fourth-order valence-corrected chi connectivity index (χ4v) is 0. The zero-order valence-corrected chi connectivity index (χ0v) is 47.0. The molecule has 0 atom stereocenters. The molecule has 0 aliphatic rings. The molecule has 0 aromatic rings. The van der Waals surface area contributed by atoms with Crippen LogP contribution in [0.4, 0.5) is 0 Å². The predicted molar refractivity (Wildman–Crippen MR) is 52.9 cm³/mol. The molecule has 0 unspecified atom stereocenters. The zero-order valence-electron chi connectivity index (χ0n) is 18.5. The maximum Gasteiger partial charge on any atom is 1.00 e. The molecule has 0 heterocycles. The molecule has 0 bridgehead atoms. The van der Waals surface area contributed by atoms with E-state index in [0.29, 0.717) is 23.2 Å². The summed E-state index contributed by atoms with van der Waals surface area (Å²) in [5.41, 5.74) is 0. The summed E-state index contributed by atoms with van der Waals surface area (Å²) in [6, 6.07) is 0. The Kier molecular flexibility index (Phi) is 117. The van der Waals surface area contributed by atoms with E-state index in [0.717, 1.165) is 0 Å². The molecule has 0 aromatic carbocycles. The van der Waals surface area contributed by atoms with E-state index < -0.39 is 30.4 Å². The van der Waals surface area contributed by atoms with Gasteiger partial charge in [-0.25, -0.2) is 0 Å². The maximum absolute atomic E-state index is 9.11. The van der Waals surface area contributed by atoms with Crippen LogP contribution in [-0.4, -0.2) is 0 Å². The van der Waals surface area contributed by atoms with Gasteiger partial charge in [0.15, 0.2) is 0 Å². The third kappa shape index (κ3) is 123. The van der Waals surface area contributed by atoms with Gasteiger partial charge in [0.1, 0.15) is 0 Å². The molecule has 0 N–H and O–H groups in total. The first-order valence-corrected chi connectivity index (χ1v) is 10.2. The fourth-order valence-electron chi connectivity index (χ4n) is 0. The Balaban J connectivity index is -0.0000000154. The minimum Gasteiger partial charge on any atom is -0.800 e. The Morgan fingerprint density at radius 1 is 0.344 bits per heavy atom. The summed E-state index contributed by atoms with van der Waals surface area (Å²) in [6.07, 6.45) is 0. The van der Waals surface area contributed by atoms with Crippen molar-refractivity contribution in [2.24, 2.45) is 0 Å². The Morgan fingerprint density at radius 2 is 0.375 bits per heavy atom. The van der Waals surface area contributed by atoms with Crippen molar-refractivity contribution < 1.29 is 468 Å². The van der Waals surface area contributed by atoms with E-state index in [-0.39, 0.29) is 411 Å². The van der Waals surface area contributed by atoms with Crippen molar-refractivity contribution in [2.75, 3.05) is 0 Å². The number of hydrogen-bond acceptors (Lipinski definition) is 16. The third-order valence-electron chi connectivity index (χ3n) is 0.490. The van der Waals surface area contributed by atoms with E-state index in [1.54, 1.807) is 0 Å². The van der Waals surface area contributed by atoms with Crippen LogP contribution in [0.1, 0.15) is 0 Å². The van der Waals surface area contributed by atoms with Crippen molar-refractivity contribution in [3.63, 3.8) is 0 Å². The number of rotatable bonds is 0. The number of nitrogens with zero attached hydrogens (tertiary/aromatic N) is 4. The summed E-state index contributed by atoms with van der Waals surface area (Å²) in [7, 11) is -19.4. The fraction of sp³-hybridized carbons (Fsp3) is 0. The van der Waals surface area contributed by atoms with Crippen LogP contribution in [0.15, 0.2) is 0 Å². The number of hydrogen-bond donors (Lipinski definition) is 0. The maximum atomic E-state index is 9.11. The van der Waals surface area contributed by atoms with Crippen LogP contribution < -0.4 is 450 Å². The molecule has 0 aromatic heterocycles. The molecular weight excluding hydrogens is 733 g/mol. The largest absolute Gasteiger partial charge is 1.00 e. The van der Waals surface area contributed by atoms with Gasteiger partial charge in [-0.05, 0) is 0 Å². The van der Waals surface area contributed by atoms with Gasteiger partial charge in [-0.1, -0.05) is 0 Å². The second-order valence-electron chi connectivity index (χ2n) is 2.39. The number of nitriles is 4. The van der Waals surface area contributed by atoms with Gasteiger partial charge in [-0.15, -0.1) is 0 Å². The minimum absolute atomic E-state index is 0. The van der Waals surface area contributed by atoms with Gasteiger partial charge >= 0.3 is 411 Å². The Hall–Kier alpha value is 11.7. The average Bonchev–Trinajstić information content (AvgIpc) is 2.37. The van der Waals surface area contributed by atoms with E-state index in [1.807, 2.05) is 0 Å². The van der Waals surface area contributed by atoms with Crippen LogP contribution in [-0.2, 0) is 18.3 Å². The van der Waals surface area contributed by atoms with Crippen molar-refractivity contribution in [3.05, 3.63) is 0 Å². The molecule has 0 radical (unpaired) electrons. The minimum atomic E-state index is -4.84. The Labute approximate surface area is 524 Å². The summed E-state index contributed by atoms with van der Waals surface area (Å²) in [5, 5.41) is 29.1. The summed E-state index contributed by atoms with van der Waals surface area (Å²) < 4.78 is 36.4. The van der Waals surface area contributed by atoms with Gasteiger partial charge in [0.25, 0.3) is 0 Å². The monoisotopic (exact) mass is 732 g/mol. The Morgan fingerprint density at radius 3 is 0.375 bits per heavy atom. The SMILES string of the molecule is N#CP(=O)([O-])[O-].N#CP(=O)([O-])[O-].N#CP(=O)([O-])[O-].N#CP(=O)([O-])[O-].[K+].[K+].[K+].[K+].[K+].[K+].[K+].[K+]. The standard InChI is InChI=1S/4CH2NO3P.8K/c4*2-1-6(3,4)5;;;;;;;;/h4*(H2,3,4,5);;;;;;;;/q;;;;8*+1/p-8. The summed E-state index contributed by atoms with van der Waals surface area (Å²) >= 11 is 0. The predicted octanol–water partition coefficient (Wildman–Crippen LogP) is -30.4. The molecule has 0 spiro atoms. The quantitative estimate of drug-likeness (QED) is 0.165. The van der Waals surface area contributed by atoms with Gasteiger partial charge in [0.2, 0.25) is 0 Å². The van der Waals surface area contributed by atoms with Crippen LogP contribution in [0.5, 0.6) is 0 Å². The van der Waals surface area contributed by atoms with E-state index in [2.05, 4.69) is 0 Å². The second-order valence-corrected chi connectivity index (χ2v) is 7.17. The zero-order chi connectivity index (χ0) is 20.8. The van der Waals surface area contributed by atoms with E-state index in [1.165, 1.54) is 0 Å². The molecule has 0 aliphatic carbocycles. The normalized spacial score (nSPS) is 7.62. The van der Waals surface area contributed by atoms with Crippen molar-refractivity contribution >= 4 is 30.4 Å². The van der Waals surface area contributed by atoms with Gasteiger partial charge in [0, 0.05) is 30.4 Å². The smallest absolute Gasteiger partial charge is 0.800 e. The first kappa shape index (κ1) is 79.3. The molecule has 28 heteroatoms. The molecule has 0 amide bonds. The Bertz CT molecular complexity index is 623. The van der Waals surface area contributed by atoms with Crippen LogP contribution in [0.3, 0.4) is 0 Å². The molecule has 0 saturated heterocycles. The molecule has 32 heavy (non-hydrogen) atoms. The topological polar surface area (TPSA) is 348 Å². The first-order valence-electron chi connectivity index (χ1n) is 3.98. The van der Waals surface area contributed by atoms with Crippen LogP contribution in [0.2, 0.25) is 0 Å². The third-order valence-corrected chi connectivity index (χ3v) is 1.47. The van der Waals surface area contributed by atoms with Crippen LogP contribution in [0, 0.1) is 44.3 Å². The molecule has 0 aliphatic heterocycles. The molecule has 0 fully saturated rings. The van der Waals surface area contributed by atoms with Gasteiger partial charge < -0.3 is 57.4 Å². The van der Waals surface area contributed by atoms with Gasteiger partial charge in [0.05, 0.1) is 23.2 Å². The molecule has 0 rings (SSSR count). The van der Waals surface area contributed by atoms with Gasteiger partial charge in [-0.2, -0.15) is 21.0 Å². The first-order chi connectivity index (χ1) is 10.2. The van der Waals surface area contributed by atoms with E-state index >= 15 is 0 Å². The van der Waals surface area contributed by atoms with E-state index in [9.17, 15) is 0 Å². The summed E-state index contributed by atoms with van der Waals surface area (Å²) in [5.74, 6) is 2.19. The van der Waals surface area contributed by atoms with Crippen molar-refractivity contribution in [2.45, 2.75) is 0 Å². The van der Waals surface area contributed by atoms with Crippen molar-refractivity contribution in [3.8, 4) is 23.2 Å². The van der Waals surface area contributed by atoms with Crippen molar-refractivity contribution in [1.29, 1.82) is 21.0 Å². The average molecular weight is 733 g/mol. The molecule has 136 valence electrons. The molecular formula is C4K8N4O12P4. The van der Waals surface area contributed by atoms with Crippen LogP contribution >= 0.6 is 30.4 Å². The second kappa shape index (κ2) is 47.1. The summed E-state index contributed by atoms with van der Waals surface area (Å²) in [4.78, 5) is 72.9. The van der Waals surface area contributed by atoms with Gasteiger partial charge in [-0.3, -0.25) is 0 Å². The van der Waals surface area contributed by atoms with E-state index in [4.69, 9.17) is 78.5 Å². The molecule has 16 nitrogen and oxygen atoms in total. The summed E-state index contributed by atoms with van der Waals surface area (Å²) in [6.45, 7) is 0.